The van der Waals surface area contributed by atoms with Gasteiger partial charge in [-0.1, -0.05) is 12.1 Å². The molecule has 0 saturated heterocycles. The van der Waals surface area contributed by atoms with Crippen LogP contribution in [-0.2, 0) is 4.74 Å². The van der Waals surface area contributed by atoms with Crippen molar-refractivity contribution in [2.45, 2.75) is 53.2 Å². The molecule has 0 aliphatic rings. The van der Waals surface area contributed by atoms with Gasteiger partial charge in [0.15, 0.2) is 0 Å². The van der Waals surface area contributed by atoms with Gasteiger partial charge in [-0.2, -0.15) is 0 Å². The molecule has 0 aromatic heterocycles. The van der Waals surface area contributed by atoms with Crippen LogP contribution in [0.3, 0.4) is 0 Å². The molecule has 1 aromatic carbocycles. The van der Waals surface area contributed by atoms with Crippen LogP contribution in [0.1, 0.15) is 50.5 Å². The molecule has 0 aliphatic heterocycles. The lowest BCUT2D eigenvalue weighted by molar-refractivity contribution is 0.00647. The summed E-state index contributed by atoms with van der Waals surface area (Å²) in [7, 11) is 0. The first-order chi connectivity index (χ1) is 8.20. The van der Waals surface area contributed by atoms with Crippen LogP contribution < -0.4 is 4.74 Å². The van der Waals surface area contributed by atoms with E-state index in [4.69, 9.17) is 9.47 Å². The molecular formula is C15H22O3. The maximum atomic E-state index is 12.1. The Hall–Kier alpha value is -1.51. The molecule has 0 saturated carbocycles. The minimum absolute atomic E-state index is 0.0206. The lowest BCUT2D eigenvalue weighted by atomic mass is 10.1. The monoisotopic (exact) mass is 250 g/mol. The fourth-order valence-electron chi connectivity index (χ4n) is 1.54. The van der Waals surface area contributed by atoms with E-state index < -0.39 is 5.60 Å². The van der Waals surface area contributed by atoms with Gasteiger partial charge in [-0.15, -0.1) is 0 Å². The third-order valence-corrected chi connectivity index (χ3v) is 2.18. The van der Waals surface area contributed by atoms with Crippen molar-refractivity contribution in [2.24, 2.45) is 0 Å². The minimum atomic E-state index is -0.504. The smallest absolute Gasteiger partial charge is 0.342 e. The summed E-state index contributed by atoms with van der Waals surface area (Å²) in [4.78, 5) is 12.1. The largest absolute Gasteiger partial charge is 0.490 e. The number of hydrogen-bond acceptors (Lipinski definition) is 3. The van der Waals surface area contributed by atoms with Gasteiger partial charge in [0.05, 0.1) is 6.10 Å². The summed E-state index contributed by atoms with van der Waals surface area (Å²) in [6.07, 6.45) is 0.0206. The third-order valence-electron chi connectivity index (χ3n) is 2.18. The lowest BCUT2D eigenvalue weighted by Gasteiger charge is -2.21. The first-order valence-electron chi connectivity index (χ1n) is 6.20. The molecule has 18 heavy (non-hydrogen) atoms. The summed E-state index contributed by atoms with van der Waals surface area (Å²) in [5.41, 5.74) is 0.918. The number of carbonyl (C=O) groups is 1. The van der Waals surface area contributed by atoms with Gasteiger partial charge in [0.25, 0.3) is 0 Å². The zero-order valence-electron chi connectivity index (χ0n) is 12.0. The molecule has 1 aromatic rings. The highest BCUT2D eigenvalue weighted by molar-refractivity contribution is 5.93. The van der Waals surface area contributed by atoms with Gasteiger partial charge in [-0.05, 0) is 53.2 Å². The quantitative estimate of drug-likeness (QED) is 0.767. The Labute approximate surface area is 109 Å². The molecule has 0 aliphatic carbocycles. The first-order valence-corrected chi connectivity index (χ1v) is 6.20. The predicted molar refractivity (Wildman–Crippen MR) is 72.1 cm³/mol. The molecule has 0 radical (unpaired) electrons. The molecule has 1 rings (SSSR count). The summed E-state index contributed by atoms with van der Waals surface area (Å²) in [6.45, 7) is 11.3. The molecule has 3 heteroatoms. The van der Waals surface area contributed by atoms with Crippen molar-refractivity contribution < 1.29 is 14.3 Å². The Kier molecular flexibility index (Phi) is 4.38. The van der Waals surface area contributed by atoms with Gasteiger partial charge in [0.2, 0.25) is 0 Å². The van der Waals surface area contributed by atoms with Gasteiger partial charge in [-0.3, -0.25) is 0 Å². The first kappa shape index (κ1) is 14.6. The summed E-state index contributed by atoms with van der Waals surface area (Å²) in [5.74, 6) is 0.267. The van der Waals surface area contributed by atoms with Gasteiger partial charge in [0.1, 0.15) is 16.9 Å². The number of esters is 1. The van der Waals surface area contributed by atoms with Crippen LogP contribution in [0.15, 0.2) is 18.2 Å². The molecule has 0 heterocycles. The molecular weight excluding hydrogens is 228 g/mol. The topological polar surface area (TPSA) is 35.5 Å². The number of rotatable bonds is 3. The van der Waals surface area contributed by atoms with Crippen molar-refractivity contribution in [2.75, 3.05) is 0 Å². The maximum absolute atomic E-state index is 12.1. The molecule has 0 amide bonds. The normalized spacial score (nSPS) is 11.5. The van der Waals surface area contributed by atoms with Crippen molar-refractivity contribution in [1.82, 2.24) is 0 Å². The Morgan fingerprint density at radius 1 is 1.22 bits per heavy atom. The second-order valence-corrected chi connectivity index (χ2v) is 5.62. The Morgan fingerprint density at radius 2 is 1.83 bits per heavy atom. The highest BCUT2D eigenvalue weighted by Gasteiger charge is 2.22. The molecule has 100 valence electrons. The van der Waals surface area contributed by atoms with Crippen LogP contribution in [-0.4, -0.2) is 17.7 Å². The van der Waals surface area contributed by atoms with E-state index in [0.29, 0.717) is 11.3 Å². The standard InChI is InChI=1S/C15H22O3/c1-10(2)17-13-11(3)8-7-9-12(13)14(16)18-15(4,5)6/h7-10H,1-6H3. The molecule has 0 fully saturated rings. The molecule has 0 bridgehead atoms. The van der Waals surface area contributed by atoms with Crippen LogP contribution in [0.2, 0.25) is 0 Å². The summed E-state index contributed by atoms with van der Waals surface area (Å²) in [6, 6.07) is 5.49. The fourth-order valence-corrected chi connectivity index (χ4v) is 1.54. The van der Waals surface area contributed by atoms with E-state index in [1.807, 2.05) is 53.7 Å². The van der Waals surface area contributed by atoms with E-state index in [-0.39, 0.29) is 12.1 Å². The van der Waals surface area contributed by atoms with Crippen molar-refractivity contribution in [3.8, 4) is 5.75 Å². The minimum Gasteiger partial charge on any atom is -0.490 e. The fraction of sp³-hybridized carbons (Fsp3) is 0.533. The average molecular weight is 250 g/mol. The third kappa shape index (κ3) is 4.06. The summed E-state index contributed by atoms with van der Waals surface area (Å²) < 4.78 is 11.1. The van der Waals surface area contributed by atoms with Crippen LogP contribution in [0, 0.1) is 6.92 Å². The zero-order valence-corrected chi connectivity index (χ0v) is 12.0. The van der Waals surface area contributed by atoms with Gasteiger partial charge in [-0.25, -0.2) is 4.79 Å². The SMILES string of the molecule is Cc1cccc(C(=O)OC(C)(C)C)c1OC(C)C. The van der Waals surface area contributed by atoms with Crippen LogP contribution in [0.5, 0.6) is 5.75 Å². The van der Waals surface area contributed by atoms with Crippen molar-refractivity contribution in [3.05, 3.63) is 29.3 Å². The van der Waals surface area contributed by atoms with Crippen LogP contribution in [0.4, 0.5) is 0 Å². The van der Waals surface area contributed by atoms with Gasteiger partial charge < -0.3 is 9.47 Å². The van der Waals surface area contributed by atoms with E-state index in [1.54, 1.807) is 6.07 Å². The number of ether oxygens (including phenoxy) is 2. The average Bonchev–Trinajstić information content (AvgIpc) is 2.17. The summed E-state index contributed by atoms with van der Waals surface area (Å²) in [5, 5.41) is 0. The van der Waals surface area contributed by atoms with Crippen LogP contribution >= 0.6 is 0 Å². The Bertz CT molecular complexity index is 428. The second-order valence-electron chi connectivity index (χ2n) is 5.62. The molecule has 3 nitrogen and oxygen atoms in total. The Morgan fingerprint density at radius 3 is 2.33 bits per heavy atom. The van der Waals surface area contributed by atoms with Crippen molar-refractivity contribution >= 4 is 5.97 Å². The number of benzene rings is 1. The number of carbonyl (C=O) groups excluding carboxylic acids is 1. The Balaban J connectivity index is 3.08. The molecule has 0 unspecified atom stereocenters. The number of hydrogen-bond donors (Lipinski definition) is 0. The number of aryl methyl sites for hydroxylation is 1. The zero-order chi connectivity index (χ0) is 13.9. The van der Waals surface area contributed by atoms with E-state index >= 15 is 0 Å². The van der Waals surface area contributed by atoms with Crippen molar-refractivity contribution in [1.29, 1.82) is 0 Å². The van der Waals surface area contributed by atoms with E-state index in [0.717, 1.165) is 5.56 Å². The van der Waals surface area contributed by atoms with E-state index in [1.165, 1.54) is 0 Å². The maximum Gasteiger partial charge on any atom is 0.342 e. The molecule has 0 N–H and O–H groups in total. The van der Waals surface area contributed by atoms with Gasteiger partial charge >= 0.3 is 5.97 Å². The van der Waals surface area contributed by atoms with E-state index in [2.05, 4.69) is 0 Å². The van der Waals surface area contributed by atoms with E-state index in [9.17, 15) is 4.79 Å². The van der Waals surface area contributed by atoms with Crippen LogP contribution in [0.25, 0.3) is 0 Å². The second kappa shape index (κ2) is 5.42. The lowest BCUT2D eigenvalue weighted by Crippen LogP contribution is -2.24. The highest BCUT2D eigenvalue weighted by Crippen LogP contribution is 2.26. The number of para-hydroxylation sites is 1. The summed E-state index contributed by atoms with van der Waals surface area (Å²) >= 11 is 0. The molecule has 0 atom stereocenters. The van der Waals surface area contributed by atoms with Crippen molar-refractivity contribution in [3.63, 3.8) is 0 Å². The highest BCUT2D eigenvalue weighted by atomic mass is 16.6. The van der Waals surface area contributed by atoms with Gasteiger partial charge in [0, 0.05) is 0 Å². The molecule has 0 spiro atoms. The predicted octanol–water partition coefficient (Wildman–Crippen LogP) is 3.74.